The number of carbonyl (C=O) groups excluding carboxylic acids is 1. The zero-order valence-electron chi connectivity index (χ0n) is 15.0. The molecule has 27 heavy (non-hydrogen) atoms. The molecule has 0 saturated carbocycles. The van der Waals surface area contributed by atoms with Gasteiger partial charge in [0.1, 0.15) is 17.8 Å². The molecule has 0 bridgehead atoms. The van der Waals surface area contributed by atoms with Crippen LogP contribution in [0.1, 0.15) is 12.8 Å². The summed E-state index contributed by atoms with van der Waals surface area (Å²) >= 11 is 0. The maximum atomic E-state index is 14.9. The first-order valence-electron chi connectivity index (χ1n) is 9.05. The van der Waals surface area contributed by atoms with Crippen LogP contribution in [0.3, 0.4) is 0 Å². The van der Waals surface area contributed by atoms with E-state index in [0.29, 0.717) is 18.7 Å². The lowest BCUT2D eigenvalue weighted by Crippen LogP contribution is -2.64. The van der Waals surface area contributed by atoms with E-state index in [1.165, 1.54) is 30.6 Å². The molecule has 2 aromatic rings. The van der Waals surface area contributed by atoms with Crippen molar-refractivity contribution in [3.8, 4) is 11.3 Å². The molecule has 1 aromatic heterocycles. The van der Waals surface area contributed by atoms with E-state index in [1.807, 2.05) is 11.9 Å². The van der Waals surface area contributed by atoms with Crippen LogP contribution in [0.15, 0.2) is 30.6 Å². The Morgan fingerprint density at radius 2 is 1.93 bits per heavy atom. The summed E-state index contributed by atoms with van der Waals surface area (Å²) in [5.41, 5.74) is 0.661. The zero-order chi connectivity index (χ0) is 19.0. The number of nitrogens with zero attached hydrogens (tertiary/aromatic N) is 4. The molecule has 1 unspecified atom stereocenters. The third-order valence-electron chi connectivity index (χ3n) is 5.37. The van der Waals surface area contributed by atoms with Crippen molar-refractivity contribution in [2.75, 3.05) is 31.6 Å². The van der Waals surface area contributed by atoms with E-state index >= 15 is 0 Å². The number of anilines is 1. The molecule has 2 saturated heterocycles. The van der Waals surface area contributed by atoms with Gasteiger partial charge in [-0.05, 0) is 44.2 Å². The first kappa shape index (κ1) is 17.8. The molecule has 2 aliphatic heterocycles. The van der Waals surface area contributed by atoms with Gasteiger partial charge in [-0.1, -0.05) is 0 Å². The molecule has 1 N–H and O–H groups in total. The van der Waals surface area contributed by atoms with Gasteiger partial charge in [-0.25, -0.2) is 18.7 Å². The van der Waals surface area contributed by atoms with Gasteiger partial charge in [0.05, 0.1) is 6.04 Å². The number of aromatic nitrogens is 2. The lowest BCUT2D eigenvalue weighted by molar-refractivity contribution is -0.128. The van der Waals surface area contributed by atoms with Crippen LogP contribution in [0.2, 0.25) is 0 Å². The molecule has 1 amide bonds. The second-order valence-electron chi connectivity index (χ2n) is 7.04. The van der Waals surface area contributed by atoms with Crippen molar-refractivity contribution >= 4 is 11.7 Å². The van der Waals surface area contributed by atoms with Crippen molar-refractivity contribution in [2.24, 2.45) is 0 Å². The third kappa shape index (κ3) is 3.37. The highest BCUT2D eigenvalue weighted by atomic mass is 19.1. The minimum Gasteiger partial charge on any atom is -0.355 e. The van der Waals surface area contributed by atoms with E-state index < -0.39 is 5.82 Å². The fraction of sp³-hybridized carbons (Fsp3) is 0.421. The molecule has 2 aliphatic rings. The van der Waals surface area contributed by atoms with Crippen LogP contribution < -0.4 is 10.2 Å². The maximum Gasteiger partial charge on any atom is 0.237 e. The van der Waals surface area contributed by atoms with Gasteiger partial charge >= 0.3 is 0 Å². The Labute approximate surface area is 156 Å². The summed E-state index contributed by atoms with van der Waals surface area (Å²) in [4.78, 5) is 24.1. The Morgan fingerprint density at radius 1 is 1.19 bits per heavy atom. The van der Waals surface area contributed by atoms with Crippen LogP contribution in [0.5, 0.6) is 0 Å². The van der Waals surface area contributed by atoms with Crippen LogP contribution in [0, 0.1) is 11.6 Å². The van der Waals surface area contributed by atoms with E-state index in [0.717, 1.165) is 19.4 Å². The van der Waals surface area contributed by atoms with E-state index in [9.17, 15) is 13.6 Å². The number of likely N-dealkylation sites (N-methyl/N-ethyl adjacent to an activating group) is 1. The summed E-state index contributed by atoms with van der Waals surface area (Å²) < 4.78 is 28.0. The van der Waals surface area contributed by atoms with Crippen LogP contribution in [-0.2, 0) is 4.79 Å². The van der Waals surface area contributed by atoms with Crippen molar-refractivity contribution in [1.82, 2.24) is 20.2 Å². The molecule has 1 aromatic carbocycles. The van der Waals surface area contributed by atoms with Crippen molar-refractivity contribution in [3.63, 3.8) is 0 Å². The number of rotatable bonds is 4. The zero-order valence-corrected chi connectivity index (χ0v) is 15.0. The van der Waals surface area contributed by atoms with E-state index in [4.69, 9.17) is 0 Å². The fourth-order valence-corrected chi connectivity index (χ4v) is 3.67. The van der Waals surface area contributed by atoms with E-state index in [2.05, 4.69) is 20.2 Å². The number of piperidine rings is 1. The van der Waals surface area contributed by atoms with Gasteiger partial charge < -0.3 is 10.2 Å². The van der Waals surface area contributed by atoms with Gasteiger partial charge in [-0.3, -0.25) is 9.69 Å². The minimum absolute atomic E-state index is 0.0639. The number of hydrogen-bond acceptors (Lipinski definition) is 5. The topological polar surface area (TPSA) is 61.4 Å². The summed E-state index contributed by atoms with van der Waals surface area (Å²) in [7, 11) is 1.94. The SMILES string of the molecule is CN(C1CN(c2ncnc(-c3ccc(F)cc3)c2F)C1)C1CCCNC1=O. The Morgan fingerprint density at radius 3 is 2.63 bits per heavy atom. The molecule has 142 valence electrons. The average Bonchev–Trinajstić information content (AvgIpc) is 2.63. The largest absolute Gasteiger partial charge is 0.355 e. The number of benzene rings is 1. The molecule has 1 atom stereocenters. The predicted octanol–water partition coefficient (Wildman–Crippen LogP) is 1.82. The van der Waals surface area contributed by atoms with Gasteiger partial charge in [0.25, 0.3) is 0 Å². The van der Waals surface area contributed by atoms with Gasteiger partial charge in [0.15, 0.2) is 11.6 Å². The van der Waals surface area contributed by atoms with Crippen molar-refractivity contribution in [3.05, 3.63) is 42.2 Å². The minimum atomic E-state index is -0.513. The second-order valence-corrected chi connectivity index (χ2v) is 7.04. The van der Waals surface area contributed by atoms with Crippen LogP contribution in [0.25, 0.3) is 11.3 Å². The van der Waals surface area contributed by atoms with Gasteiger partial charge in [0.2, 0.25) is 5.91 Å². The smallest absolute Gasteiger partial charge is 0.237 e. The number of carbonyl (C=O) groups is 1. The molecule has 2 fully saturated rings. The molecule has 3 heterocycles. The Hall–Kier alpha value is -2.61. The molecule has 0 aliphatic carbocycles. The predicted molar refractivity (Wildman–Crippen MR) is 97.2 cm³/mol. The fourth-order valence-electron chi connectivity index (χ4n) is 3.67. The van der Waals surface area contributed by atoms with E-state index in [1.54, 1.807) is 0 Å². The highest BCUT2D eigenvalue weighted by Gasteiger charge is 2.38. The van der Waals surface area contributed by atoms with Crippen molar-refractivity contribution < 1.29 is 13.6 Å². The number of nitrogens with one attached hydrogen (secondary N) is 1. The first-order chi connectivity index (χ1) is 13.0. The molecule has 0 spiro atoms. The normalized spacial score (nSPS) is 20.5. The lowest BCUT2D eigenvalue weighted by atomic mass is 10.00. The van der Waals surface area contributed by atoms with Crippen molar-refractivity contribution in [1.29, 1.82) is 0 Å². The second kappa shape index (κ2) is 7.19. The first-order valence-corrected chi connectivity index (χ1v) is 9.05. The summed E-state index contributed by atoms with van der Waals surface area (Å²) in [6.45, 7) is 1.92. The van der Waals surface area contributed by atoms with Gasteiger partial charge in [-0.15, -0.1) is 0 Å². The monoisotopic (exact) mass is 373 g/mol. The Bertz CT molecular complexity index is 838. The summed E-state index contributed by atoms with van der Waals surface area (Å²) in [6, 6.07) is 5.59. The van der Waals surface area contributed by atoms with Crippen molar-refractivity contribution in [2.45, 2.75) is 24.9 Å². The summed E-state index contributed by atoms with van der Waals surface area (Å²) in [5, 5.41) is 2.90. The summed E-state index contributed by atoms with van der Waals surface area (Å²) in [5.74, 6) is -0.592. The Kier molecular flexibility index (Phi) is 4.73. The van der Waals surface area contributed by atoms with Gasteiger partial charge in [-0.2, -0.15) is 0 Å². The van der Waals surface area contributed by atoms with Crippen LogP contribution >= 0.6 is 0 Å². The molecule has 6 nitrogen and oxygen atoms in total. The maximum absolute atomic E-state index is 14.9. The third-order valence-corrected chi connectivity index (χ3v) is 5.37. The average molecular weight is 373 g/mol. The molecule has 4 rings (SSSR count). The van der Waals surface area contributed by atoms with Crippen LogP contribution in [-0.4, -0.2) is 59.5 Å². The number of halogens is 2. The molecular weight excluding hydrogens is 352 g/mol. The highest BCUT2D eigenvalue weighted by molar-refractivity contribution is 5.82. The van der Waals surface area contributed by atoms with Gasteiger partial charge in [0, 0.05) is 31.2 Å². The number of amides is 1. The molecular formula is C19H21F2N5O. The Balaban J connectivity index is 1.47. The van der Waals surface area contributed by atoms with Crippen LogP contribution in [0.4, 0.5) is 14.6 Å². The molecule has 8 heteroatoms. The highest BCUT2D eigenvalue weighted by Crippen LogP contribution is 2.30. The quantitative estimate of drug-likeness (QED) is 0.886. The standard InChI is InChI=1S/C19H21F2N5O/c1-25(15-3-2-8-22-19(15)27)14-9-26(10-14)18-16(21)17(23-11-24-18)12-4-6-13(20)7-5-12/h4-7,11,14-15H,2-3,8-10H2,1H3,(H,22,27). The number of hydrogen-bond donors (Lipinski definition) is 1. The lowest BCUT2D eigenvalue weighted by Gasteiger charge is -2.47. The summed E-state index contributed by atoms with van der Waals surface area (Å²) in [6.07, 6.45) is 3.14. The molecule has 0 radical (unpaired) electrons. The van der Waals surface area contributed by atoms with E-state index in [-0.39, 0.29) is 35.3 Å².